The second kappa shape index (κ2) is 4.30. The smallest absolute Gasteiger partial charge is 0.0830 e. The normalized spacial score (nSPS) is 26.7. The Morgan fingerprint density at radius 2 is 2.00 bits per heavy atom. The molecule has 1 heterocycles. The van der Waals surface area contributed by atoms with Gasteiger partial charge in [0.2, 0.25) is 0 Å². The summed E-state index contributed by atoms with van der Waals surface area (Å²) in [6.45, 7) is 0.115. The van der Waals surface area contributed by atoms with Gasteiger partial charge < -0.3 is 9.84 Å². The van der Waals surface area contributed by atoms with Crippen molar-refractivity contribution in [2.24, 2.45) is 0 Å². The second-order valence-corrected chi connectivity index (χ2v) is 3.99. The number of hydrogen-bond acceptors (Lipinski definition) is 2. The van der Waals surface area contributed by atoms with Gasteiger partial charge in [-0.25, -0.2) is 0 Å². The number of hydrogen-bond donors (Lipinski definition) is 1. The maximum atomic E-state index is 8.93. The van der Waals surface area contributed by atoms with E-state index in [1.54, 1.807) is 0 Å². The summed E-state index contributed by atoms with van der Waals surface area (Å²) < 4.78 is 5.64. The summed E-state index contributed by atoms with van der Waals surface area (Å²) >= 11 is 5.79. The Morgan fingerprint density at radius 3 is 2.57 bits per heavy atom. The van der Waals surface area contributed by atoms with E-state index >= 15 is 0 Å². The van der Waals surface area contributed by atoms with Crippen LogP contribution in [-0.4, -0.2) is 17.8 Å². The Morgan fingerprint density at radius 1 is 1.29 bits per heavy atom. The molecule has 0 aliphatic carbocycles. The van der Waals surface area contributed by atoms with Crippen molar-refractivity contribution in [2.75, 3.05) is 6.61 Å². The Kier molecular flexibility index (Phi) is 3.06. The van der Waals surface area contributed by atoms with Crippen molar-refractivity contribution in [1.29, 1.82) is 0 Å². The van der Waals surface area contributed by atoms with Gasteiger partial charge in [0, 0.05) is 5.02 Å². The second-order valence-electron chi connectivity index (χ2n) is 3.56. The van der Waals surface area contributed by atoms with Gasteiger partial charge in [-0.05, 0) is 30.5 Å². The van der Waals surface area contributed by atoms with Crippen molar-refractivity contribution < 1.29 is 9.84 Å². The Balaban J connectivity index is 2.06. The summed E-state index contributed by atoms with van der Waals surface area (Å²) in [5.74, 6) is 0. The van der Waals surface area contributed by atoms with Gasteiger partial charge in [-0.2, -0.15) is 0 Å². The van der Waals surface area contributed by atoms with Gasteiger partial charge in [0.25, 0.3) is 0 Å². The van der Waals surface area contributed by atoms with Crippen molar-refractivity contribution in [2.45, 2.75) is 25.0 Å². The lowest BCUT2D eigenvalue weighted by molar-refractivity contribution is 0.0110. The largest absolute Gasteiger partial charge is 0.394 e. The summed E-state index contributed by atoms with van der Waals surface area (Å²) in [6, 6.07) is 7.69. The number of rotatable bonds is 2. The first-order valence-corrected chi connectivity index (χ1v) is 5.19. The van der Waals surface area contributed by atoms with Gasteiger partial charge in [-0.15, -0.1) is 0 Å². The summed E-state index contributed by atoms with van der Waals surface area (Å²) in [6.07, 6.45) is 2.05. The van der Waals surface area contributed by atoms with E-state index in [1.165, 1.54) is 0 Å². The first-order chi connectivity index (χ1) is 6.79. The van der Waals surface area contributed by atoms with Gasteiger partial charge in [0.05, 0.1) is 18.8 Å². The SMILES string of the molecule is OC[C@H]1CC[C@@H](c2ccc(Cl)cc2)O1. The van der Waals surface area contributed by atoms with Gasteiger partial charge in [0.15, 0.2) is 0 Å². The highest BCUT2D eigenvalue weighted by molar-refractivity contribution is 6.30. The third-order valence-electron chi connectivity index (χ3n) is 2.55. The number of benzene rings is 1. The predicted octanol–water partition coefficient (Wildman–Crippen LogP) is 2.55. The summed E-state index contributed by atoms with van der Waals surface area (Å²) in [7, 11) is 0. The standard InChI is InChI=1S/C11H13ClO2/c12-9-3-1-8(2-4-9)11-6-5-10(7-13)14-11/h1-4,10-11,13H,5-7H2/t10-,11+/m1/s1. The highest BCUT2D eigenvalue weighted by Crippen LogP contribution is 2.32. The van der Waals surface area contributed by atoms with E-state index in [2.05, 4.69) is 0 Å². The molecule has 3 heteroatoms. The van der Waals surface area contributed by atoms with Gasteiger partial charge in [-0.3, -0.25) is 0 Å². The minimum Gasteiger partial charge on any atom is -0.394 e. The maximum Gasteiger partial charge on any atom is 0.0830 e. The molecule has 1 aromatic rings. The molecule has 0 unspecified atom stereocenters. The third-order valence-corrected chi connectivity index (χ3v) is 2.80. The zero-order valence-corrected chi connectivity index (χ0v) is 8.57. The molecule has 0 aromatic heterocycles. The van der Waals surface area contributed by atoms with Crippen LogP contribution < -0.4 is 0 Å². The molecule has 14 heavy (non-hydrogen) atoms. The van der Waals surface area contributed by atoms with Crippen LogP contribution in [0.1, 0.15) is 24.5 Å². The summed E-state index contributed by atoms with van der Waals surface area (Å²) in [5, 5.41) is 9.67. The van der Waals surface area contributed by atoms with Crippen LogP contribution in [-0.2, 0) is 4.74 Å². The molecule has 0 spiro atoms. The minimum atomic E-state index is 0.00989. The topological polar surface area (TPSA) is 29.5 Å². The molecule has 0 radical (unpaired) electrons. The molecule has 2 atom stereocenters. The van der Waals surface area contributed by atoms with Crippen LogP contribution in [0.5, 0.6) is 0 Å². The van der Waals surface area contributed by atoms with Gasteiger partial charge >= 0.3 is 0 Å². The maximum absolute atomic E-state index is 8.93. The van der Waals surface area contributed by atoms with Crippen LogP contribution in [0.2, 0.25) is 5.02 Å². The highest BCUT2D eigenvalue weighted by atomic mass is 35.5. The molecule has 1 saturated heterocycles. The molecule has 0 saturated carbocycles. The fourth-order valence-electron chi connectivity index (χ4n) is 1.76. The van der Waals surface area contributed by atoms with Crippen molar-refractivity contribution >= 4 is 11.6 Å². The molecule has 2 rings (SSSR count). The van der Waals surface area contributed by atoms with E-state index < -0.39 is 0 Å². The van der Waals surface area contributed by atoms with Crippen molar-refractivity contribution in [3.63, 3.8) is 0 Å². The Labute approximate surface area is 88.5 Å². The van der Waals surface area contributed by atoms with E-state index in [0.717, 1.165) is 23.4 Å². The van der Waals surface area contributed by atoms with Crippen LogP contribution in [0.3, 0.4) is 0 Å². The van der Waals surface area contributed by atoms with Crippen molar-refractivity contribution in [1.82, 2.24) is 0 Å². The number of aliphatic hydroxyl groups is 1. The molecule has 2 nitrogen and oxygen atoms in total. The molecular formula is C11H13ClO2. The fraction of sp³-hybridized carbons (Fsp3) is 0.455. The zero-order valence-electron chi connectivity index (χ0n) is 7.82. The minimum absolute atomic E-state index is 0.00989. The van der Waals surface area contributed by atoms with Crippen molar-refractivity contribution in [3.05, 3.63) is 34.9 Å². The number of ether oxygens (including phenoxy) is 1. The van der Waals surface area contributed by atoms with Crippen LogP contribution in [0.25, 0.3) is 0 Å². The zero-order chi connectivity index (χ0) is 9.97. The Hall–Kier alpha value is -0.570. The number of aliphatic hydroxyl groups excluding tert-OH is 1. The summed E-state index contributed by atoms with van der Waals surface area (Å²) in [4.78, 5) is 0. The molecular weight excluding hydrogens is 200 g/mol. The van der Waals surface area contributed by atoms with E-state index in [9.17, 15) is 0 Å². The molecule has 1 aliphatic heterocycles. The van der Waals surface area contributed by atoms with E-state index in [4.69, 9.17) is 21.4 Å². The number of halogens is 1. The Bertz CT molecular complexity index is 297. The first kappa shape index (κ1) is 9.97. The lowest BCUT2D eigenvalue weighted by Crippen LogP contribution is -2.10. The lowest BCUT2D eigenvalue weighted by Gasteiger charge is -2.12. The molecule has 0 bridgehead atoms. The van der Waals surface area contributed by atoms with Crippen molar-refractivity contribution in [3.8, 4) is 0 Å². The van der Waals surface area contributed by atoms with E-state index in [-0.39, 0.29) is 18.8 Å². The van der Waals surface area contributed by atoms with Crippen LogP contribution >= 0.6 is 11.6 Å². The van der Waals surface area contributed by atoms with Gasteiger partial charge in [-0.1, -0.05) is 23.7 Å². The molecule has 0 amide bonds. The lowest BCUT2D eigenvalue weighted by atomic mass is 10.1. The average Bonchev–Trinajstić information content (AvgIpc) is 2.67. The van der Waals surface area contributed by atoms with Crippen LogP contribution in [0.15, 0.2) is 24.3 Å². The van der Waals surface area contributed by atoms with Crippen LogP contribution in [0, 0.1) is 0 Å². The highest BCUT2D eigenvalue weighted by Gasteiger charge is 2.25. The van der Waals surface area contributed by atoms with E-state index in [1.807, 2.05) is 24.3 Å². The predicted molar refractivity (Wildman–Crippen MR) is 55.4 cm³/mol. The third kappa shape index (κ3) is 2.08. The molecule has 1 aliphatic rings. The monoisotopic (exact) mass is 212 g/mol. The van der Waals surface area contributed by atoms with Crippen LogP contribution in [0.4, 0.5) is 0 Å². The molecule has 1 N–H and O–H groups in total. The summed E-state index contributed by atoms with van der Waals surface area (Å²) in [5.41, 5.74) is 1.14. The molecule has 1 fully saturated rings. The first-order valence-electron chi connectivity index (χ1n) is 4.81. The van der Waals surface area contributed by atoms with E-state index in [0.29, 0.717) is 0 Å². The molecule has 76 valence electrons. The molecule has 1 aromatic carbocycles. The quantitative estimate of drug-likeness (QED) is 0.817. The fourth-order valence-corrected chi connectivity index (χ4v) is 1.89. The van der Waals surface area contributed by atoms with Gasteiger partial charge in [0.1, 0.15) is 0 Å². The average molecular weight is 213 g/mol.